The molecule has 168 valence electrons. The van der Waals surface area contributed by atoms with Crippen LogP contribution < -0.4 is 10.0 Å². The molecular weight excluding hydrogens is 427 g/mol. The molecule has 4 unspecified atom stereocenters. The number of aliphatic hydroxyl groups is 2. The van der Waals surface area contributed by atoms with Crippen LogP contribution in [0.4, 0.5) is 4.39 Å². The number of ether oxygens (including phenoxy) is 1. The number of carbonyl (C=O) groups excluding carboxylic acids is 1. The second-order valence-electron chi connectivity index (χ2n) is 7.47. The molecule has 0 saturated carbocycles. The molecule has 0 radical (unpaired) electrons. The standard InChI is InChI=1S/C21H25FN2O6S/c1-13-2-8-16(9-3-13)31(28,29)24-12-18-21(27)20(26)17(30-18)10-19(25)23-11-14-4-6-15(22)7-5-14/h2-9,17-18,20-21,24,26-27H,10-12H2,1H3,(H,23,25). The quantitative estimate of drug-likeness (QED) is 0.465. The van der Waals surface area contributed by atoms with Gasteiger partial charge in [-0.25, -0.2) is 17.5 Å². The predicted molar refractivity (Wildman–Crippen MR) is 110 cm³/mol. The van der Waals surface area contributed by atoms with E-state index in [1.807, 2.05) is 6.92 Å². The molecule has 2 aromatic carbocycles. The normalized spacial score (nSPS) is 23.6. The lowest BCUT2D eigenvalue weighted by Crippen LogP contribution is -2.40. The van der Waals surface area contributed by atoms with Crippen LogP contribution >= 0.6 is 0 Å². The van der Waals surface area contributed by atoms with Crippen LogP contribution in [0.15, 0.2) is 53.4 Å². The van der Waals surface area contributed by atoms with Gasteiger partial charge in [-0.05, 0) is 36.8 Å². The molecule has 1 saturated heterocycles. The second kappa shape index (κ2) is 9.84. The first kappa shape index (κ1) is 23.3. The van der Waals surface area contributed by atoms with E-state index in [-0.39, 0.29) is 30.2 Å². The fraction of sp³-hybridized carbons (Fsp3) is 0.381. The number of amides is 1. The summed E-state index contributed by atoms with van der Waals surface area (Å²) < 4.78 is 45.6. The van der Waals surface area contributed by atoms with Gasteiger partial charge in [0.1, 0.15) is 24.1 Å². The number of aliphatic hydroxyl groups excluding tert-OH is 2. The highest BCUT2D eigenvalue weighted by atomic mass is 32.2. The van der Waals surface area contributed by atoms with Crippen molar-refractivity contribution in [3.63, 3.8) is 0 Å². The first-order valence-electron chi connectivity index (χ1n) is 9.75. The number of benzene rings is 2. The Kier molecular flexibility index (Phi) is 7.39. The lowest BCUT2D eigenvalue weighted by Gasteiger charge is -2.15. The van der Waals surface area contributed by atoms with Gasteiger partial charge in [0.15, 0.2) is 0 Å². The first-order valence-corrected chi connectivity index (χ1v) is 11.2. The number of halogens is 1. The zero-order chi connectivity index (χ0) is 22.6. The number of hydrogen-bond acceptors (Lipinski definition) is 6. The van der Waals surface area contributed by atoms with Crippen molar-refractivity contribution in [3.05, 3.63) is 65.5 Å². The van der Waals surface area contributed by atoms with Crippen molar-refractivity contribution in [3.8, 4) is 0 Å². The highest BCUT2D eigenvalue weighted by molar-refractivity contribution is 7.89. The second-order valence-corrected chi connectivity index (χ2v) is 9.23. The molecule has 4 atom stereocenters. The maximum absolute atomic E-state index is 12.9. The Morgan fingerprint density at radius 1 is 1.03 bits per heavy atom. The molecule has 1 heterocycles. The van der Waals surface area contributed by atoms with Crippen molar-refractivity contribution in [1.82, 2.24) is 10.0 Å². The molecule has 1 aliphatic heterocycles. The Hall–Kier alpha value is -2.37. The van der Waals surface area contributed by atoms with Crippen LogP contribution in [0.25, 0.3) is 0 Å². The van der Waals surface area contributed by atoms with Crippen LogP contribution in [-0.4, -0.2) is 55.5 Å². The van der Waals surface area contributed by atoms with E-state index in [1.54, 1.807) is 12.1 Å². The fourth-order valence-corrected chi connectivity index (χ4v) is 4.26. The third kappa shape index (κ3) is 6.08. The van der Waals surface area contributed by atoms with Gasteiger partial charge in [0, 0.05) is 13.1 Å². The lowest BCUT2D eigenvalue weighted by atomic mass is 10.1. The molecule has 0 bridgehead atoms. The molecular formula is C21H25FN2O6S. The Labute approximate surface area is 180 Å². The summed E-state index contributed by atoms with van der Waals surface area (Å²) in [5, 5.41) is 23.0. The van der Waals surface area contributed by atoms with Crippen LogP contribution in [0.1, 0.15) is 17.5 Å². The molecule has 31 heavy (non-hydrogen) atoms. The molecule has 0 spiro atoms. The van der Waals surface area contributed by atoms with E-state index in [9.17, 15) is 27.8 Å². The van der Waals surface area contributed by atoms with Gasteiger partial charge < -0.3 is 20.3 Å². The smallest absolute Gasteiger partial charge is 0.240 e. The third-order valence-corrected chi connectivity index (χ3v) is 6.50. The molecule has 8 nitrogen and oxygen atoms in total. The predicted octanol–water partition coefficient (Wildman–Crippen LogP) is 0.608. The molecule has 2 aromatic rings. The number of aryl methyl sites for hydroxylation is 1. The van der Waals surface area contributed by atoms with E-state index < -0.39 is 40.3 Å². The van der Waals surface area contributed by atoms with E-state index in [4.69, 9.17) is 4.74 Å². The number of hydrogen-bond donors (Lipinski definition) is 4. The van der Waals surface area contributed by atoms with Gasteiger partial charge in [0.2, 0.25) is 15.9 Å². The summed E-state index contributed by atoms with van der Waals surface area (Å²) in [7, 11) is -3.82. The van der Waals surface area contributed by atoms with Crippen LogP contribution in [0.5, 0.6) is 0 Å². The highest BCUT2D eigenvalue weighted by Crippen LogP contribution is 2.24. The summed E-state index contributed by atoms with van der Waals surface area (Å²) in [6.45, 7) is 1.75. The zero-order valence-corrected chi connectivity index (χ0v) is 17.7. The Morgan fingerprint density at radius 2 is 1.65 bits per heavy atom. The summed E-state index contributed by atoms with van der Waals surface area (Å²) in [6, 6.07) is 11.9. The van der Waals surface area contributed by atoms with Gasteiger partial charge >= 0.3 is 0 Å². The molecule has 1 aliphatic rings. The average Bonchev–Trinajstić information content (AvgIpc) is 3.00. The average molecular weight is 453 g/mol. The maximum atomic E-state index is 12.9. The Morgan fingerprint density at radius 3 is 2.29 bits per heavy atom. The van der Waals surface area contributed by atoms with Gasteiger partial charge in [0.25, 0.3) is 0 Å². The summed E-state index contributed by atoms with van der Waals surface area (Å²) in [4.78, 5) is 12.2. The molecule has 0 aliphatic carbocycles. The van der Waals surface area contributed by atoms with Gasteiger partial charge in [-0.2, -0.15) is 0 Å². The molecule has 4 N–H and O–H groups in total. The fourth-order valence-electron chi connectivity index (χ4n) is 3.21. The number of carbonyl (C=O) groups is 1. The molecule has 1 fully saturated rings. The van der Waals surface area contributed by atoms with Gasteiger partial charge in [-0.1, -0.05) is 29.8 Å². The minimum atomic E-state index is -3.82. The van der Waals surface area contributed by atoms with Crippen molar-refractivity contribution in [1.29, 1.82) is 0 Å². The Balaban J connectivity index is 1.51. The van der Waals surface area contributed by atoms with Crippen molar-refractivity contribution in [2.24, 2.45) is 0 Å². The number of nitrogens with one attached hydrogen (secondary N) is 2. The van der Waals surface area contributed by atoms with Gasteiger partial charge in [0.05, 0.1) is 17.4 Å². The van der Waals surface area contributed by atoms with E-state index in [0.717, 1.165) is 5.56 Å². The zero-order valence-electron chi connectivity index (χ0n) is 16.9. The molecule has 3 rings (SSSR count). The highest BCUT2D eigenvalue weighted by Gasteiger charge is 2.43. The monoisotopic (exact) mass is 452 g/mol. The first-order chi connectivity index (χ1) is 14.7. The number of sulfonamides is 1. The van der Waals surface area contributed by atoms with Crippen LogP contribution in [0.2, 0.25) is 0 Å². The van der Waals surface area contributed by atoms with Crippen molar-refractivity contribution in [2.75, 3.05) is 6.54 Å². The molecule has 10 heteroatoms. The summed E-state index contributed by atoms with van der Waals surface area (Å²) in [5.41, 5.74) is 1.61. The summed E-state index contributed by atoms with van der Waals surface area (Å²) in [6.07, 6.45) is -4.91. The lowest BCUT2D eigenvalue weighted by molar-refractivity contribution is -0.125. The Bertz CT molecular complexity index is 998. The van der Waals surface area contributed by atoms with E-state index >= 15 is 0 Å². The van der Waals surface area contributed by atoms with Gasteiger partial charge in [-0.15, -0.1) is 0 Å². The van der Waals surface area contributed by atoms with Crippen molar-refractivity contribution < 1.29 is 32.6 Å². The maximum Gasteiger partial charge on any atom is 0.240 e. The van der Waals surface area contributed by atoms with Crippen molar-refractivity contribution >= 4 is 15.9 Å². The van der Waals surface area contributed by atoms with E-state index in [1.165, 1.54) is 36.4 Å². The SMILES string of the molecule is Cc1ccc(S(=O)(=O)NCC2OC(CC(=O)NCc3ccc(F)cc3)C(O)C2O)cc1. The minimum Gasteiger partial charge on any atom is -0.388 e. The van der Waals surface area contributed by atoms with E-state index in [2.05, 4.69) is 10.0 Å². The van der Waals surface area contributed by atoms with E-state index in [0.29, 0.717) is 5.56 Å². The summed E-state index contributed by atoms with van der Waals surface area (Å²) >= 11 is 0. The summed E-state index contributed by atoms with van der Waals surface area (Å²) in [5.74, 6) is -0.808. The van der Waals surface area contributed by atoms with Gasteiger partial charge in [-0.3, -0.25) is 4.79 Å². The topological polar surface area (TPSA) is 125 Å². The van der Waals surface area contributed by atoms with Crippen molar-refractivity contribution in [2.45, 2.75) is 49.2 Å². The minimum absolute atomic E-state index is 0.0721. The molecule has 0 aromatic heterocycles. The number of rotatable bonds is 8. The van der Waals surface area contributed by atoms with Crippen LogP contribution in [-0.2, 0) is 26.1 Å². The van der Waals surface area contributed by atoms with Crippen LogP contribution in [0.3, 0.4) is 0 Å². The molecule has 1 amide bonds. The third-order valence-electron chi connectivity index (χ3n) is 5.06. The largest absolute Gasteiger partial charge is 0.388 e. The van der Waals surface area contributed by atoms with Crippen LogP contribution in [0, 0.1) is 12.7 Å².